The van der Waals surface area contributed by atoms with E-state index in [1.165, 1.54) is 17.0 Å². The summed E-state index contributed by atoms with van der Waals surface area (Å²) in [5.41, 5.74) is 0.766. The predicted molar refractivity (Wildman–Crippen MR) is 91.1 cm³/mol. The Bertz CT molecular complexity index is 700. The molecule has 0 saturated carbocycles. The van der Waals surface area contributed by atoms with E-state index in [4.69, 9.17) is 11.6 Å². The Morgan fingerprint density at radius 3 is 2.33 bits per heavy atom. The third-order valence-electron chi connectivity index (χ3n) is 3.96. The zero-order chi connectivity index (χ0) is 17.9. The SMILES string of the molecule is CN(C)C(=O)c1ccc(NC(=O)[C@H]2CC=CC[C@H]2C(=O)O)cc1Cl. The number of anilines is 1. The molecule has 1 aliphatic rings. The number of rotatable bonds is 4. The molecule has 2 atom stereocenters. The first-order chi connectivity index (χ1) is 11.3. The minimum absolute atomic E-state index is 0.227. The van der Waals surface area contributed by atoms with Gasteiger partial charge >= 0.3 is 5.97 Å². The van der Waals surface area contributed by atoms with Crippen molar-refractivity contribution < 1.29 is 19.5 Å². The molecule has 0 aliphatic heterocycles. The molecule has 0 spiro atoms. The van der Waals surface area contributed by atoms with Crippen molar-refractivity contribution in [1.82, 2.24) is 4.90 Å². The quantitative estimate of drug-likeness (QED) is 0.817. The second-order valence-corrected chi connectivity index (χ2v) is 6.28. The summed E-state index contributed by atoms with van der Waals surface area (Å²) >= 11 is 6.11. The lowest BCUT2D eigenvalue weighted by Gasteiger charge is -2.24. The first-order valence-electron chi connectivity index (χ1n) is 7.51. The summed E-state index contributed by atoms with van der Waals surface area (Å²) < 4.78 is 0. The highest BCUT2D eigenvalue weighted by Crippen LogP contribution is 2.28. The molecular formula is C17H19ClN2O4. The van der Waals surface area contributed by atoms with E-state index in [1.807, 2.05) is 6.08 Å². The van der Waals surface area contributed by atoms with Crippen molar-refractivity contribution >= 4 is 35.1 Å². The van der Waals surface area contributed by atoms with E-state index in [9.17, 15) is 19.5 Å². The molecule has 1 aromatic rings. The van der Waals surface area contributed by atoms with Gasteiger partial charge in [-0.2, -0.15) is 0 Å². The molecule has 6 nitrogen and oxygen atoms in total. The second-order valence-electron chi connectivity index (χ2n) is 5.88. The van der Waals surface area contributed by atoms with E-state index in [1.54, 1.807) is 26.2 Å². The summed E-state index contributed by atoms with van der Waals surface area (Å²) in [5.74, 6) is -2.95. The van der Waals surface area contributed by atoms with Gasteiger partial charge in [0.15, 0.2) is 0 Å². The molecule has 0 bridgehead atoms. The minimum Gasteiger partial charge on any atom is -0.481 e. The molecule has 0 heterocycles. The average Bonchev–Trinajstić information content (AvgIpc) is 2.54. The van der Waals surface area contributed by atoms with Crippen molar-refractivity contribution in [2.24, 2.45) is 11.8 Å². The molecule has 1 aromatic carbocycles. The highest BCUT2D eigenvalue weighted by molar-refractivity contribution is 6.34. The Morgan fingerprint density at radius 2 is 1.79 bits per heavy atom. The Balaban J connectivity index is 2.14. The van der Waals surface area contributed by atoms with E-state index in [0.29, 0.717) is 24.1 Å². The average molecular weight is 351 g/mol. The maximum atomic E-state index is 12.4. The van der Waals surface area contributed by atoms with E-state index >= 15 is 0 Å². The second kappa shape index (κ2) is 7.49. The number of nitrogens with one attached hydrogen (secondary N) is 1. The van der Waals surface area contributed by atoms with Crippen LogP contribution in [0, 0.1) is 11.8 Å². The first-order valence-corrected chi connectivity index (χ1v) is 7.89. The van der Waals surface area contributed by atoms with Crippen LogP contribution in [0.1, 0.15) is 23.2 Å². The van der Waals surface area contributed by atoms with Crippen LogP contribution >= 0.6 is 11.6 Å². The fraction of sp³-hybridized carbons (Fsp3) is 0.353. The Hall–Kier alpha value is -2.34. The summed E-state index contributed by atoms with van der Waals surface area (Å²) in [6.07, 6.45) is 4.31. The molecule has 2 N–H and O–H groups in total. The number of halogens is 1. The van der Waals surface area contributed by atoms with Crippen LogP contribution in [0.5, 0.6) is 0 Å². The van der Waals surface area contributed by atoms with Gasteiger partial charge in [0.2, 0.25) is 5.91 Å². The van der Waals surface area contributed by atoms with E-state index in [-0.39, 0.29) is 16.8 Å². The predicted octanol–water partition coefficient (Wildman–Crippen LogP) is 2.65. The number of benzene rings is 1. The smallest absolute Gasteiger partial charge is 0.307 e. The summed E-state index contributed by atoms with van der Waals surface area (Å²) in [7, 11) is 3.24. The highest BCUT2D eigenvalue weighted by atomic mass is 35.5. The molecule has 1 aliphatic carbocycles. The molecule has 0 unspecified atom stereocenters. The van der Waals surface area contributed by atoms with Crippen LogP contribution < -0.4 is 5.32 Å². The third kappa shape index (κ3) is 3.94. The summed E-state index contributed by atoms with van der Waals surface area (Å²) in [4.78, 5) is 37.0. The summed E-state index contributed by atoms with van der Waals surface area (Å²) in [6, 6.07) is 4.61. The van der Waals surface area contributed by atoms with Gasteiger partial charge in [0.1, 0.15) is 0 Å². The van der Waals surface area contributed by atoms with Crippen LogP contribution in [0.2, 0.25) is 5.02 Å². The number of nitrogens with zero attached hydrogens (tertiary/aromatic N) is 1. The lowest BCUT2D eigenvalue weighted by molar-refractivity contribution is -0.146. The number of carbonyl (C=O) groups is 3. The highest BCUT2D eigenvalue weighted by Gasteiger charge is 2.34. The Labute approximate surface area is 145 Å². The maximum absolute atomic E-state index is 12.4. The van der Waals surface area contributed by atoms with Gasteiger partial charge in [0.25, 0.3) is 5.91 Å². The van der Waals surface area contributed by atoms with Crippen molar-refractivity contribution in [2.75, 3.05) is 19.4 Å². The lowest BCUT2D eigenvalue weighted by Crippen LogP contribution is -2.34. The van der Waals surface area contributed by atoms with Gasteiger partial charge in [-0.15, -0.1) is 0 Å². The van der Waals surface area contributed by atoms with E-state index < -0.39 is 17.8 Å². The normalized spacial score (nSPS) is 19.6. The van der Waals surface area contributed by atoms with Crippen LogP contribution in [-0.2, 0) is 9.59 Å². The molecule has 0 radical (unpaired) electrons. The topological polar surface area (TPSA) is 86.7 Å². The van der Waals surface area contributed by atoms with E-state index in [0.717, 1.165) is 0 Å². The van der Waals surface area contributed by atoms with Crippen LogP contribution in [0.4, 0.5) is 5.69 Å². The number of amides is 2. The number of hydrogen-bond acceptors (Lipinski definition) is 3. The van der Waals surface area contributed by atoms with Gasteiger partial charge in [0, 0.05) is 19.8 Å². The lowest BCUT2D eigenvalue weighted by atomic mass is 9.82. The number of carbonyl (C=O) groups excluding carboxylic acids is 2. The molecule has 0 aromatic heterocycles. The molecule has 0 saturated heterocycles. The summed E-state index contributed by atoms with van der Waals surface area (Å²) in [5, 5.41) is 12.2. The van der Waals surface area contributed by atoms with Gasteiger partial charge in [0.05, 0.1) is 22.4 Å². The largest absolute Gasteiger partial charge is 0.481 e. The van der Waals surface area contributed by atoms with Crippen molar-refractivity contribution in [1.29, 1.82) is 0 Å². The van der Waals surface area contributed by atoms with Gasteiger partial charge < -0.3 is 15.3 Å². The number of carboxylic acid groups (broad SMARTS) is 1. The van der Waals surface area contributed by atoms with Crippen LogP contribution in [0.25, 0.3) is 0 Å². The van der Waals surface area contributed by atoms with Gasteiger partial charge in [-0.3, -0.25) is 14.4 Å². The first kappa shape index (κ1) is 18.0. The number of aliphatic carboxylic acids is 1. The van der Waals surface area contributed by atoms with Crippen molar-refractivity contribution in [3.05, 3.63) is 40.9 Å². The minimum atomic E-state index is -0.982. The standard InChI is InChI=1S/C17H19ClN2O4/c1-20(2)16(22)13-8-7-10(9-14(13)18)19-15(21)11-5-3-4-6-12(11)17(23)24/h3-4,7-9,11-12H,5-6H2,1-2H3,(H,19,21)(H,23,24)/t11-,12+/m0/s1. The molecule has 7 heteroatoms. The fourth-order valence-corrected chi connectivity index (χ4v) is 2.88. The van der Waals surface area contributed by atoms with Crippen LogP contribution in [0.3, 0.4) is 0 Å². The van der Waals surface area contributed by atoms with E-state index in [2.05, 4.69) is 5.32 Å². The third-order valence-corrected chi connectivity index (χ3v) is 4.27. The van der Waals surface area contributed by atoms with Gasteiger partial charge in [-0.1, -0.05) is 23.8 Å². The fourth-order valence-electron chi connectivity index (χ4n) is 2.62. The zero-order valence-corrected chi connectivity index (χ0v) is 14.2. The molecular weight excluding hydrogens is 332 g/mol. The molecule has 24 heavy (non-hydrogen) atoms. The monoisotopic (exact) mass is 350 g/mol. The number of carboxylic acids is 1. The Morgan fingerprint density at radius 1 is 1.17 bits per heavy atom. The molecule has 2 rings (SSSR count). The van der Waals surface area contributed by atoms with Crippen LogP contribution in [-0.4, -0.2) is 41.9 Å². The zero-order valence-electron chi connectivity index (χ0n) is 13.5. The maximum Gasteiger partial charge on any atom is 0.307 e. The van der Waals surface area contributed by atoms with Crippen LogP contribution in [0.15, 0.2) is 30.4 Å². The van der Waals surface area contributed by atoms with Crippen molar-refractivity contribution in [3.63, 3.8) is 0 Å². The molecule has 0 fully saturated rings. The number of allylic oxidation sites excluding steroid dienone is 2. The summed E-state index contributed by atoms with van der Waals surface area (Å²) in [6.45, 7) is 0. The number of hydrogen-bond donors (Lipinski definition) is 2. The van der Waals surface area contributed by atoms with Crippen molar-refractivity contribution in [2.45, 2.75) is 12.8 Å². The van der Waals surface area contributed by atoms with Gasteiger partial charge in [-0.25, -0.2) is 0 Å². The molecule has 128 valence electrons. The van der Waals surface area contributed by atoms with Gasteiger partial charge in [-0.05, 0) is 31.0 Å². The Kier molecular flexibility index (Phi) is 5.62. The van der Waals surface area contributed by atoms with Crippen molar-refractivity contribution in [3.8, 4) is 0 Å². The molecule has 2 amide bonds.